The predicted octanol–water partition coefficient (Wildman–Crippen LogP) is 2.29. The van der Waals surface area contributed by atoms with Gasteiger partial charge in [0.1, 0.15) is 5.75 Å². The Morgan fingerprint density at radius 2 is 2.05 bits per heavy atom. The minimum absolute atomic E-state index is 0.0283. The van der Waals surface area contributed by atoms with Crippen LogP contribution in [0.25, 0.3) is 0 Å². The van der Waals surface area contributed by atoms with Crippen LogP contribution in [0, 0.1) is 13.8 Å². The van der Waals surface area contributed by atoms with Gasteiger partial charge in [-0.05, 0) is 37.1 Å². The summed E-state index contributed by atoms with van der Waals surface area (Å²) in [4.78, 5) is 0. The summed E-state index contributed by atoms with van der Waals surface area (Å²) in [5.74, 6) is 0.896. The van der Waals surface area contributed by atoms with Crippen LogP contribution in [-0.2, 0) is 13.5 Å². The van der Waals surface area contributed by atoms with E-state index in [1.54, 1.807) is 7.11 Å². The first-order valence-electron chi connectivity index (χ1n) is 6.41. The van der Waals surface area contributed by atoms with E-state index in [1.807, 2.05) is 37.7 Å². The monoisotopic (exact) mass is 259 g/mol. The van der Waals surface area contributed by atoms with Gasteiger partial charge in [-0.2, -0.15) is 5.10 Å². The van der Waals surface area contributed by atoms with Crippen molar-refractivity contribution in [3.8, 4) is 5.75 Å². The van der Waals surface area contributed by atoms with Crippen LogP contribution in [0.2, 0.25) is 0 Å². The van der Waals surface area contributed by atoms with Gasteiger partial charge in [-0.1, -0.05) is 12.1 Å². The first-order valence-corrected chi connectivity index (χ1v) is 6.41. The lowest BCUT2D eigenvalue weighted by Gasteiger charge is -2.14. The molecule has 1 unspecified atom stereocenters. The molecule has 2 rings (SSSR count). The lowest BCUT2D eigenvalue weighted by atomic mass is 10.0. The molecule has 4 heteroatoms. The van der Waals surface area contributed by atoms with Crippen LogP contribution < -0.4 is 10.5 Å². The largest absolute Gasteiger partial charge is 0.496 e. The third-order valence-electron chi connectivity index (χ3n) is 3.37. The molecular weight excluding hydrogens is 238 g/mol. The summed E-state index contributed by atoms with van der Waals surface area (Å²) in [6.07, 6.45) is 0.781. The Morgan fingerprint density at radius 1 is 1.32 bits per heavy atom. The van der Waals surface area contributed by atoms with Gasteiger partial charge in [0.15, 0.2) is 0 Å². The van der Waals surface area contributed by atoms with E-state index in [1.165, 1.54) is 0 Å². The number of ether oxygens (including phenoxy) is 1. The van der Waals surface area contributed by atoms with Gasteiger partial charge in [0.25, 0.3) is 0 Å². The fourth-order valence-corrected chi connectivity index (χ4v) is 2.33. The van der Waals surface area contributed by atoms with E-state index < -0.39 is 0 Å². The van der Waals surface area contributed by atoms with Gasteiger partial charge in [-0.25, -0.2) is 0 Å². The van der Waals surface area contributed by atoms with Crippen molar-refractivity contribution in [1.29, 1.82) is 0 Å². The Bertz CT molecular complexity index is 575. The number of hydrogen-bond donors (Lipinski definition) is 1. The molecule has 0 amide bonds. The van der Waals surface area contributed by atoms with Crippen LogP contribution in [-0.4, -0.2) is 16.9 Å². The average Bonchev–Trinajstić information content (AvgIpc) is 2.67. The van der Waals surface area contributed by atoms with Crippen molar-refractivity contribution in [2.24, 2.45) is 12.8 Å². The third kappa shape index (κ3) is 2.96. The molecule has 4 nitrogen and oxygen atoms in total. The van der Waals surface area contributed by atoms with Gasteiger partial charge < -0.3 is 10.5 Å². The maximum absolute atomic E-state index is 6.28. The summed E-state index contributed by atoms with van der Waals surface area (Å²) in [6, 6.07) is 8.14. The SMILES string of the molecule is COc1ccc(C(N)Cc2cc(C)nn2C)cc1C. The smallest absolute Gasteiger partial charge is 0.121 e. The molecule has 2 aromatic rings. The standard InChI is InChI=1S/C15H21N3O/c1-10-7-12(5-6-15(10)19-4)14(16)9-13-8-11(2)17-18(13)3/h5-8,14H,9,16H2,1-4H3. The van der Waals surface area contributed by atoms with Gasteiger partial charge in [0, 0.05) is 25.2 Å². The second-order valence-corrected chi connectivity index (χ2v) is 4.94. The number of hydrogen-bond acceptors (Lipinski definition) is 3. The van der Waals surface area contributed by atoms with E-state index in [0.29, 0.717) is 0 Å². The molecule has 2 N–H and O–H groups in total. The van der Waals surface area contributed by atoms with Gasteiger partial charge in [-0.15, -0.1) is 0 Å². The highest BCUT2D eigenvalue weighted by molar-refractivity contribution is 5.37. The Kier molecular flexibility index (Phi) is 3.90. The topological polar surface area (TPSA) is 53.1 Å². The van der Waals surface area contributed by atoms with Crippen LogP contribution in [0.4, 0.5) is 0 Å². The van der Waals surface area contributed by atoms with Crippen molar-refractivity contribution in [2.45, 2.75) is 26.3 Å². The highest BCUT2D eigenvalue weighted by atomic mass is 16.5. The molecule has 1 atom stereocenters. The van der Waals surface area contributed by atoms with Crippen molar-refractivity contribution in [1.82, 2.24) is 9.78 Å². The number of nitrogens with two attached hydrogens (primary N) is 1. The summed E-state index contributed by atoms with van der Waals surface area (Å²) in [7, 11) is 3.63. The van der Waals surface area contributed by atoms with Crippen LogP contribution >= 0.6 is 0 Å². The first kappa shape index (κ1) is 13.6. The van der Waals surface area contributed by atoms with Crippen molar-refractivity contribution in [3.05, 3.63) is 46.8 Å². The summed E-state index contributed by atoms with van der Waals surface area (Å²) in [5.41, 5.74) is 10.7. The van der Waals surface area contributed by atoms with Crippen LogP contribution in [0.15, 0.2) is 24.3 Å². The maximum Gasteiger partial charge on any atom is 0.121 e. The number of rotatable bonds is 4. The van der Waals surface area contributed by atoms with Crippen LogP contribution in [0.1, 0.15) is 28.6 Å². The Morgan fingerprint density at radius 3 is 2.58 bits per heavy atom. The normalized spacial score (nSPS) is 12.5. The van der Waals surface area contributed by atoms with E-state index in [0.717, 1.165) is 34.7 Å². The Balaban J connectivity index is 2.18. The molecule has 0 saturated carbocycles. The van der Waals surface area contributed by atoms with Crippen LogP contribution in [0.3, 0.4) is 0 Å². The molecule has 0 aliphatic rings. The molecule has 0 fully saturated rings. The van der Waals surface area contributed by atoms with E-state index in [4.69, 9.17) is 10.5 Å². The molecule has 0 aliphatic carbocycles. The van der Waals surface area contributed by atoms with Crippen molar-refractivity contribution in [3.63, 3.8) is 0 Å². The van der Waals surface area contributed by atoms with Gasteiger partial charge in [0.05, 0.1) is 12.8 Å². The zero-order valence-electron chi connectivity index (χ0n) is 12.0. The quantitative estimate of drug-likeness (QED) is 0.916. The van der Waals surface area contributed by atoms with E-state index in [-0.39, 0.29) is 6.04 Å². The highest BCUT2D eigenvalue weighted by Gasteiger charge is 2.12. The van der Waals surface area contributed by atoms with E-state index >= 15 is 0 Å². The van der Waals surface area contributed by atoms with Crippen molar-refractivity contribution >= 4 is 0 Å². The molecule has 0 bridgehead atoms. The van der Waals surface area contributed by atoms with Crippen molar-refractivity contribution in [2.75, 3.05) is 7.11 Å². The lowest BCUT2D eigenvalue weighted by Crippen LogP contribution is -2.15. The van der Waals surface area contributed by atoms with Gasteiger partial charge in [-0.3, -0.25) is 4.68 Å². The molecule has 0 aliphatic heterocycles. The first-order chi connectivity index (χ1) is 9.01. The van der Waals surface area contributed by atoms with Crippen LogP contribution in [0.5, 0.6) is 5.75 Å². The number of aromatic nitrogens is 2. The molecule has 1 heterocycles. The molecule has 102 valence electrons. The van der Waals surface area contributed by atoms with Gasteiger partial charge in [0.2, 0.25) is 0 Å². The second-order valence-electron chi connectivity index (χ2n) is 4.94. The molecular formula is C15H21N3O. The fraction of sp³-hybridized carbons (Fsp3) is 0.400. The maximum atomic E-state index is 6.28. The molecule has 19 heavy (non-hydrogen) atoms. The highest BCUT2D eigenvalue weighted by Crippen LogP contribution is 2.23. The predicted molar refractivity (Wildman–Crippen MR) is 76.3 cm³/mol. The summed E-state index contributed by atoms with van der Waals surface area (Å²) in [6.45, 7) is 4.02. The number of methoxy groups -OCH3 is 1. The summed E-state index contributed by atoms with van der Waals surface area (Å²) >= 11 is 0. The average molecular weight is 259 g/mol. The molecule has 0 spiro atoms. The van der Waals surface area contributed by atoms with E-state index in [9.17, 15) is 0 Å². The van der Waals surface area contributed by atoms with Gasteiger partial charge >= 0.3 is 0 Å². The Labute approximate surface area is 114 Å². The zero-order chi connectivity index (χ0) is 14.0. The lowest BCUT2D eigenvalue weighted by molar-refractivity contribution is 0.411. The van der Waals surface area contributed by atoms with Crippen molar-refractivity contribution < 1.29 is 4.74 Å². The third-order valence-corrected chi connectivity index (χ3v) is 3.37. The minimum Gasteiger partial charge on any atom is -0.496 e. The Hall–Kier alpha value is -1.81. The molecule has 0 saturated heterocycles. The molecule has 1 aromatic carbocycles. The van der Waals surface area contributed by atoms with E-state index in [2.05, 4.69) is 17.2 Å². The second kappa shape index (κ2) is 5.45. The summed E-state index contributed by atoms with van der Waals surface area (Å²) in [5, 5.41) is 4.34. The number of nitrogens with zero attached hydrogens (tertiary/aromatic N) is 2. The minimum atomic E-state index is -0.0283. The zero-order valence-corrected chi connectivity index (χ0v) is 12.0. The fourth-order valence-electron chi connectivity index (χ4n) is 2.33. The number of benzene rings is 1. The number of aryl methyl sites for hydroxylation is 3. The molecule has 0 radical (unpaired) electrons. The molecule has 1 aromatic heterocycles. The summed E-state index contributed by atoms with van der Waals surface area (Å²) < 4.78 is 7.16.